The Hall–Kier alpha value is -2.11. The zero-order valence-electron chi connectivity index (χ0n) is 14.7. The van der Waals surface area contributed by atoms with E-state index in [1.807, 2.05) is 20.8 Å². The highest BCUT2D eigenvalue weighted by Crippen LogP contribution is 2.20. The predicted octanol–water partition coefficient (Wildman–Crippen LogP) is 2.23. The van der Waals surface area contributed by atoms with Crippen molar-refractivity contribution >= 4 is 17.5 Å². The first-order valence-corrected chi connectivity index (χ1v) is 8.73. The highest BCUT2D eigenvalue weighted by molar-refractivity contribution is 5.97. The van der Waals surface area contributed by atoms with Crippen LogP contribution in [0.15, 0.2) is 23.1 Å². The van der Waals surface area contributed by atoms with Gasteiger partial charge in [0.1, 0.15) is 6.04 Å². The zero-order chi connectivity index (χ0) is 17.7. The van der Waals surface area contributed by atoms with Crippen LogP contribution >= 0.6 is 0 Å². The molecule has 24 heavy (non-hydrogen) atoms. The van der Waals surface area contributed by atoms with Gasteiger partial charge in [0.2, 0.25) is 11.8 Å². The lowest BCUT2D eigenvalue weighted by molar-refractivity contribution is -0.141. The molecule has 2 heterocycles. The lowest BCUT2D eigenvalue weighted by Crippen LogP contribution is -2.50. The number of carbonyl (C=O) groups is 2. The SMILES string of the molecule is CCn1cc(NC(=O)C(CC(C)C)N2CCCCC2=O)ccc1=O. The monoisotopic (exact) mass is 333 g/mol. The number of anilines is 1. The number of aryl methyl sites for hydroxylation is 1. The van der Waals surface area contributed by atoms with Gasteiger partial charge in [-0.25, -0.2) is 0 Å². The second kappa shape index (κ2) is 8.13. The van der Waals surface area contributed by atoms with Crippen molar-refractivity contribution in [2.24, 2.45) is 5.92 Å². The Morgan fingerprint density at radius 2 is 2.00 bits per heavy atom. The van der Waals surface area contributed by atoms with Crippen molar-refractivity contribution in [1.82, 2.24) is 9.47 Å². The van der Waals surface area contributed by atoms with Crippen molar-refractivity contribution in [2.75, 3.05) is 11.9 Å². The fourth-order valence-corrected chi connectivity index (χ4v) is 3.06. The highest BCUT2D eigenvalue weighted by Gasteiger charge is 2.31. The average Bonchev–Trinajstić information content (AvgIpc) is 2.55. The molecule has 0 radical (unpaired) electrons. The maximum absolute atomic E-state index is 12.8. The Balaban J connectivity index is 2.18. The first kappa shape index (κ1) is 18.2. The smallest absolute Gasteiger partial charge is 0.250 e. The standard InChI is InChI=1S/C18H27N3O3/c1-4-20-12-14(8-9-16(20)22)19-18(24)15(11-13(2)3)21-10-6-5-7-17(21)23/h8-9,12-13,15H,4-7,10-11H2,1-3H3,(H,19,24). The van der Waals surface area contributed by atoms with Gasteiger partial charge in [0, 0.05) is 31.8 Å². The molecule has 1 aliphatic rings. The molecule has 1 aliphatic heterocycles. The fourth-order valence-electron chi connectivity index (χ4n) is 3.06. The third-order valence-corrected chi connectivity index (χ3v) is 4.33. The number of piperidine rings is 1. The van der Waals surface area contributed by atoms with Crippen LogP contribution in [0.3, 0.4) is 0 Å². The van der Waals surface area contributed by atoms with Crippen LogP contribution < -0.4 is 10.9 Å². The van der Waals surface area contributed by atoms with Crippen molar-refractivity contribution in [1.29, 1.82) is 0 Å². The van der Waals surface area contributed by atoms with E-state index in [1.165, 1.54) is 6.07 Å². The van der Waals surface area contributed by atoms with E-state index in [4.69, 9.17) is 0 Å². The van der Waals surface area contributed by atoms with E-state index < -0.39 is 6.04 Å². The van der Waals surface area contributed by atoms with Crippen LogP contribution in [0.25, 0.3) is 0 Å². The molecule has 1 atom stereocenters. The lowest BCUT2D eigenvalue weighted by Gasteiger charge is -2.34. The number of hydrogen-bond acceptors (Lipinski definition) is 3. The molecule has 0 aromatic carbocycles. The van der Waals surface area contributed by atoms with Gasteiger partial charge >= 0.3 is 0 Å². The first-order chi connectivity index (χ1) is 11.4. The van der Waals surface area contributed by atoms with Crippen molar-refractivity contribution in [3.05, 3.63) is 28.7 Å². The maximum atomic E-state index is 12.8. The molecule has 1 saturated heterocycles. The van der Waals surface area contributed by atoms with Crippen LogP contribution in [0.5, 0.6) is 0 Å². The molecule has 6 heteroatoms. The van der Waals surface area contributed by atoms with Gasteiger partial charge in [0.25, 0.3) is 5.56 Å². The summed E-state index contributed by atoms with van der Waals surface area (Å²) in [5, 5.41) is 2.87. The molecule has 0 aliphatic carbocycles. The Labute approximate surface area is 142 Å². The highest BCUT2D eigenvalue weighted by atomic mass is 16.2. The summed E-state index contributed by atoms with van der Waals surface area (Å²) in [4.78, 5) is 38.4. The second-order valence-corrected chi connectivity index (χ2v) is 6.72. The van der Waals surface area contributed by atoms with Crippen LogP contribution in [0, 0.1) is 5.92 Å². The summed E-state index contributed by atoms with van der Waals surface area (Å²) in [5.41, 5.74) is 0.486. The summed E-state index contributed by atoms with van der Waals surface area (Å²) in [6.45, 7) is 7.15. The van der Waals surface area contributed by atoms with Gasteiger partial charge < -0.3 is 14.8 Å². The first-order valence-electron chi connectivity index (χ1n) is 8.73. The average molecular weight is 333 g/mol. The minimum atomic E-state index is -0.459. The summed E-state index contributed by atoms with van der Waals surface area (Å²) >= 11 is 0. The Bertz CT molecular complexity index is 651. The van der Waals surface area contributed by atoms with E-state index in [0.717, 1.165) is 12.8 Å². The van der Waals surface area contributed by atoms with Crippen molar-refractivity contribution < 1.29 is 9.59 Å². The summed E-state index contributed by atoms with van der Waals surface area (Å²) < 4.78 is 1.54. The molecule has 1 aromatic rings. The number of aromatic nitrogens is 1. The number of rotatable bonds is 6. The Kier molecular flexibility index (Phi) is 6.17. The molecule has 6 nitrogen and oxygen atoms in total. The number of likely N-dealkylation sites (tertiary alicyclic amines) is 1. The van der Waals surface area contributed by atoms with Gasteiger partial charge in [-0.15, -0.1) is 0 Å². The minimum Gasteiger partial charge on any atom is -0.331 e. The van der Waals surface area contributed by atoms with E-state index in [0.29, 0.717) is 37.5 Å². The van der Waals surface area contributed by atoms with Gasteiger partial charge in [-0.1, -0.05) is 13.8 Å². The van der Waals surface area contributed by atoms with E-state index in [-0.39, 0.29) is 17.4 Å². The largest absolute Gasteiger partial charge is 0.331 e. The third-order valence-electron chi connectivity index (χ3n) is 4.33. The Morgan fingerprint density at radius 1 is 1.25 bits per heavy atom. The van der Waals surface area contributed by atoms with E-state index in [9.17, 15) is 14.4 Å². The molecule has 2 rings (SSSR count). The number of amides is 2. The van der Waals surface area contributed by atoms with E-state index in [1.54, 1.807) is 21.7 Å². The third kappa shape index (κ3) is 4.46. The zero-order valence-corrected chi connectivity index (χ0v) is 14.7. The normalized spacial score (nSPS) is 16.3. The number of hydrogen-bond donors (Lipinski definition) is 1. The number of nitrogens with zero attached hydrogens (tertiary/aromatic N) is 2. The molecule has 1 unspecified atom stereocenters. The molecule has 0 saturated carbocycles. The van der Waals surface area contributed by atoms with Crippen molar-refractivity contribution in [3.8, 4) is 0 Å². The van der Waals surface area contributed by atoms with Gasteiger partial charge in [0.05, 0.1) is 5.69 Å². The number of pyridine rings is 1. The summed E-state index contributed by atoms with van der Waals surface area (Å²) in [5.74, 6) is 0.181. The molecular weight excluding hydrogens is 306 g/mol. The quantitative estimate of drug-likeness (QED) is 0.868. The van der Waals surface area contributed by atoms with Crippen LogP contribution in [0.1, 0.15) is 46.5 Å². The summed E-state index contributed by atoms with van der Waals surface area (Å²) in [6.07, 6.45) is 4.62. The van der Waals surface area contributed by atoms with Gasteiger partial charge in [-0.05, 0) is 38.2 Å². The lowest BCUT2D eigenvalue weighted by atomic mass is 9.98. The van der Waals surface area contributed by atoms with Crippen LogP contribution in [-0.4, -0.2) is 33.9 Å². The van der Waals surface area contributed by atoms with E-state index >= 15 is 0 Å². The molecule has 132 valence electrons. The van der Waals surface area contributed by atoms with Crippen LogP contribution in [0.2, 0.25) is 0 Å². The molecular formula is C18H27N3O3. The van der Waals surface area contributed by atoms with Crippen LogP contribution in [0.4, 0.5) is 5.69 Å². The van der Waals surface area contributed by atoms with Crippen molar-refractivity contribution in [3.63, 3.8) is 0 Å². The van der Waals surface area contributed by atoms with Crippen molar-refractivity contribution in [2.45, 2.75) is 59.0 Å². The predicted molar refractivity (Wildman–Crippen MR) is 93.8 cm³/mol. The second-order valence-electron chi connectivity index (χ2n) is 6.72. The van der Waals surface area contributed by atoms with E-state index in [2.05, 4.69) is 5.32 Å². The molecule has 1 N–H and O–H groups in total. The number of nitrogens with one attached hydrogen (secondary N) is 1. The topological polar surface area (TPSA) is 71.4 Å². The molecule has 1 fully saturated rings. The van der Waals surface area contributed by atoms with Gasteiger partial charge in [-0.3, -0.25) is 14.4 Å². The fraction of sp³-hybridized carbons (Fsp3) is 0.611. The minimum absolute atomic E-state index is 0.0561. The Morgan fingerprint density at radius 3 is 2.62 bits per heavy atom. The van der Waals surface area contributed by atoms with Crippen LogP contribution in [-0.2, 0) is 16.1 Å². The molecule has 0 spiro atoms. The summed E-state index contributed by atoms with van der Waals surface area (Å²) in [7, 11) is 0. The molecule has 2 amide bonds. The van der Waals surface area contributed by atoms with Gasteiger partial charge in [-0.2, -0.15) is 0 Å². The van der Waals surface area contributed by atoms with Gasteiger partial charge in [0.15, 0.2) is 0 Å². The maximum Gasteiger partial charge on any atom is 0.250 e. The molecule has 0 bridgehead atoms. The number of carbonyl (C=O) groups excluding carboxylic acids is 2. The molecule has 1 aromatic heterocycles. The summed E-state index contributed by atoms with van der Waals surface area (Å²) in [6, 6.07) is 2.60.